The minimum Gasteiger partial charge on any atom is -0.469 e. The van der Waals surface area contributed by atoms with E-state index >= 15 is 0 Å². The topological polar surface area (TPSA) is 51.2 Å². The van der Waals surface area contributed by atoms with Crippen LogP contribution in [0.5, 0.6) is 0 Å². The zero-order valence-electron chi connectivity index (χ0n) is 11.2. The first kappa shape index (κ1) is 14.5. The highest BCUT2D eigenvalue weighted by molar-refractivity contribution is 7.80. The molecule has 0 bridgehead atoms. The van der Waals surface area contributed by atoms with Crippen LogP contribution in [0.25, 0.3) is 0 Å². The van der Waals surface area contributed by atoms with E-state index in [1.807, 2.05) is 19.1 Å². The summed E-state index contributed by atoms with van der Waals surface area (Å²) < 4.78 is 19.0. The van der Waals surface area contributed by atoms with Gasteiger partial charge in [0.25, 0.3) is 0 Å². The summed E-state index contributed by atoms with van der Waals surface area (Å²) >= 11 is 4.77. The Bertz CT molecular complexity index is 584. The van der Waals surface area contributed by atoms with Gasteiger partial charge in [0.1, 0.15) is 16.6 Å². The lowest BCUT2D eigenvalue weighted by molar-refractivity contribution is 0.495. The molecule has 0 saturated carbocycles. The molecular weight excluding hydrogens is 275 g/mol. The molecule has 0 spiro atoms. The van der Waals surface area contributed by atoms with Gasteiger partial charge in [-0.3, -0.25) is 0 Å². The molecule has 2 rings (SSSR count). The molecule has 0 aliphatic heterocycles. The lowest BCUT2D eigenvalue weighted by atomic mass is 10.1. The molecule has 20 heavy (non-hydrogen) atoms. The molecule has 0 radical (unpaired) electrons. The molecule has 0 aliphatic carbocycles. The number of nitrogens with two attached hydrogens (primary N) is 1. The van der Waals surface area contributed by atoms with Crippen molar-refractivity contribution in [2.75, 3.05) is 5.32 Å². The lowest BCUT2D eigenvalue weighted by Crippen LogP contribution is -2.17. The molecular formula is C15H17FN2OS. The van der Waals surface area contributed by atoms with Crippen molar-refractivity contribution in [3.8, 4) is 0 Å². The molecule has 0 fully saturated rings. The van der Waals surface area contributed by atoms with E-state index in [9.17, 15) is 4.39 Å². The van der Waals surface area contributed by atoms with Gasteiger partial charge in [-0.2, -0.15) is 0 Å². The van der Waals surface area contributed by atoms with E-state index in [1.165, 1.54) is 6.07 Å². The monoisotopic (exact) mass is 292 g/mol. The van der Waals surface area contributed by atoms with E-state index in [1.54, 1.807) is 18.4 Å². The molecule has 1 aromatic carbocycles. The normalized spacial score (nSPS) is 12.1. The van der Waals surface area contributed by atoms with E-state index in [0.29, 0.717) is 0 Å². The van der Waals surface area contributed by atoms with Gasteiger partial charge in [0.2, 0.25) is 0 Å². The van der Waals surface area contributed by atoms with Crippen LogP contribution in [0.3, 0.4) is 0 Å². The van der Waals surface area contributed by atoms with Crippen LogP contribution in [-0.4, -0.2) is 11.0 Å². The number of benzene rings is 1. The number of rotatable bonds is 6. The summed E-state index contributed by atoms with van der Waals surface area (Å²) in [6.07, 6.45) is 3.40. The SMILES string of the molecule is CC(CCc1ccco1)Nc1ccc(C(N)=S)c(F)c1. The Balaban J connectivity index is 1.92. The fourth-order valence-corrected chi connectivity index (χ4v) is 2.14. The van der Waals surface area contributed by atoms with Crippen LogP contribution in [0.15, 0.2) is 41.0 Å². The number of furan rings is 1. The standard InChI is InChI=1S/C15H17FN2OS/c1-10(4-6-12-3-2-8-19-12)18-11-5-7-13(15(17)20)14(16)9-11/h2-3,5,7-10,18H,4,6H2,1H3,(H2,17,20). The number of aryl methyl sites for hydroxylation is 1. The molecule has 2 aromatic rings. The third-order valence-electron chi connectivity index (χ3n) is 3.05. The predicted molar refractivity (Wildman–Crippen MR) is 82.4 cm³/mol. The third kappa shape index (κ3) is 3.81. The highest BCUT2D eigenvalue weighted by Crippen LogP contribution is 2.17. The summed E-state index contributed by atoms with van der Waals surface area (Å²) in [4.78, 5) is 0.0694. The average molecular weight is 292 g/mol. The zero-order chi connectivity index (χ0) is 14.5. The van der Waals surface area contributed by atoms with Crippen LogP contribution >= 0.6 is 12.2 Å². The highest BCUT2D eigenvalue weighted by atomic mass is 32.1. The quantitative estimate of drug-likeness (QED) is 0.800. The number of nitrogens with one attached hydrogen (secondary N) is 1. The third-order valence-corrected chi connectivity index (χ3v) is 3.27. The van der Waals surface area contributed by atoms with Gasteiger partial charge in [-0.05, 0) is 43.7 Å². The zero-order valence-corrected chi connectivity index (χ0v) is 12.0. The summed E-state index contributed by atoms with van der Waals surface area (Å²) in [6.45, 7) is 2.04. The Hall–Kier alpha value is -1.88. The summed E-state index contributed by atoms with van der Waals surface area (Å²) in [5.74, 6) is 0.550. The molecule has 0 aliphatic rings. The minimum absolute atomic E-state index is 0.0694. The molecule has 1 atom stereocenters. The Labute approximate surface area is 123 Å². The van der Waals surface area contributed by atoms with Crippen molar-refractivity contribution in [3.05, 3.63) is 53.7 Å². The van der Waals surface area contributed by atoms with Gasteiger partial charge in [-0.15, -0.1) is 0 Å². The van der Waals surface area contributed by atoms with Crippen molar-refractivity contribution in [1.29, 1.82) is 0 Å². The van der Waals surface area contributed by atoms with Crippen molar-refractivity contribution in [3.63, 3.8) is 0 Å². The van der Waals surface area contributed by atoms with Crippen molar-refractivity contribution < 1.29 is 8.81 Å². The minimum atomic E-state index is -0.402. The summed E-state index contributed by atoms with van der Waals surface area (Å²) in [5, 5.41) is 3.25. The van der Waals surface area contributed by atoms with E-state index < -0.39 is 5.82 Å². The van der Waals surface area contributed by atoms with Gasteiger partial charge in [0.05, 0.1) is 6.26 Å². The predicted octanol–water partition coefficient (Wildman–Crippen LogP) is 3.49. The molecule has 3 nitrogen and oxygen atoms in total. The van der Waals surface area contributed by atoms with Crippen molar-refractivity contribution in [2.45, 2.75) is 25.8 Å². The number of thiocarbonyl (C=S) groups is 1. The number of halogens is 1. The van der Waals surface area contributed by atoms with Crippen LogP contribution in [0.2, 0.25) is 0 Å². The van der Waals surface area contributed by atoms with Crippen LogP contribution < -0.4 is 11.1 Å². The Morgan fingerprint density at radius 3 is 2.85 bits per heavy atom. The van der Waals surface area contributed by atoms with Crippen LogP contribution in [0.4, 0.5) is 10.1 Å². The second-order valence-electron chi connectivity index (χ2n) is 4.72. The highest BCUT2D eigenvalue weighted by Gasteiger charge is 2.08. The first-order valence-corrected chi connectivity index (χ1v) is 6.85. The Morgan fingerprint density at radius 2 is 2.25 bits per heavy atom. The second kappa shape index (κ2) is 6.52. The average Bonchev–Trinajstić information content (AvgIpc) is 2.89. The van der Waals surface area contributed by atoms with Gasteiger partial charge >= 0.3 is 0 Å². The van der Waals surface area contributed by atoms with Crippen molar-refractivity contribution in [1.82, 2.24) is 0 Å². The summed E-state index contributed by atoms with van der Waals surface area (Å²) in [6, 6.07) is 8.81. The van der Waals surface area contributed by atoms with Crippen LogP contribution in [0.1, 0.15) is 24.7 Å². The van der Waals surface area contributed by atoms with Gasteiger partial charge in [0, 0.05) is 23.7 Å². The van der Waals surface area contributed by atoms with Gasteiger partial charge < -0.3 is 15.5 Å². The van der Waals surface area contributed by atoms with E-state index in [2.05, 4.69) is 5.32 Å². The second-order valence-corrected chi connectivity index (χ2v) is 5.16. The number of hydrogen-bond donors (Lipinski definition) is 2. The first-order valence-electron chi connectivity index (χ1n) is 6.44. The van der Waals surface area contributed by atoms with Crippen molar-refractivity contribution >= 4 is 22.9 Å². The first-order chi connectivity index (χ1) is 9.56. The van der Waals surface area contributed by atoms with Gasteiger partial charge in [-0.25, -0.2) is 4.39 Å². The maximum absolute atomic E-state index is 13.7. The fourth-order valence-electron chi connectivity index (χ4n) is 1.98. The summed E-state index contributed by atoms with van der Waals surface area (Å²) in [5.41, 5.74) is 6.42. The molecule has 106 valence electrons. The van der Waals surface area contributed by atoms with Gasteiger partial charge in [-0.1, -0.05) is 12.2 Å². The smallest absolute Gasteiger partial charge is 0.135 e. The molecule has 1 aromatic heterocycles. The maximum atomic E-state index is 13.7. The fraction of sp³-hybridized carbons (Fsp3) is 0.267. The Morgan fingerprint density at radius 1 is 1.45 bits per heavy atom. The summed E-state index contributed by atoms with van der Waals surface area (Å²) in [7, 11) is 0. The van der Waals surface area contributed by atoms with E-state index in [-0.39, 0.29) is 16.6 Å². The van der Waals surface area contributed by atoms with Crippen LogP contribution in [-0.2, 0) is 6.42 Å². The van der Waals surface area contributed by atoms with E-state index in [0.717, 1.165) is 24.3 Å². The molecule has 1 heterocycles. The number of anilines is 1. The molecule has 1 unspecified atom stereocenters. The lowest BCUT2D eigenvalue weighted by Gasteiger charge is -2.15. The molecule has 5 heteroatoms. The Kier molecular flexibility index (Phi) is 4.74. The largest absolute Gasteiger partial charge is 0.469 e. The van der Waals surface area contributed by atoms with Crippen molar-refractivity contribution in [2.24, 2.45) is 5.73 Å². The van der Waals surface area contributed by atoms with Gasteiger partial charge in [0.15, 0.2) is 0 Å². The van der Waals surface area contributed by atoms with E-state index in [4.69, 9.17) is 22.4 Å². The number of hydrogen-bond acceptors (Lipinski definition) is 3. The molecule has 3 N–H and O–H groups in total. The maximum Gasteiger partial charge on any atom is 0.135 e. The molecule has 0 amide bonds. The molecule has 0 saturated heterocycles. The van der Waals surface area contributed by atoms with Crippen LogP contribution in [0, 0.1) is 5.82 Å².